The predicted molar refractivity (Wildman–Crippen MR) is 86.3 cm³/mol. The van der Waals surface area contributed by atoms with Crippen molar-refractivity contribution in [1.29, 1.82) is 0 Å². The van der Waals surface area contributed by atoms with E-state index in [1.807, 2.05) is 37.1 Å². The van der Waals surface area contributed by atoms with E-state index in [2.05, 4.69) is 33.0 Å². The van der Waals surface area contributed by atoms with E-state index in [9.17, 15) is 4.79 Å². The molecule has 1 N–H and O–H groups in total. The molecule has 1 rings (SSSR count). The average Bonchev–Trinajstić information content (AvgIpc) is 2.35. The molecule has 0 fully saturated rings. The molecule has 0 bridgehead atoms. The Morgan fingerprint density at radius 3 is 2.15 bits per heavy atom. The van der Waals surface area contributed by atoms with Gasteiger partial charge in [0.2, 0.25) is 0 Å². The lowest BCUT2D eigenvalue weighted by atomic mass is 10.1. The van der Waals surface area contributed by atoms with Gasteiger partial charge in [-0.2, -0.15) is 0 Å². The molecule has 0 atom stereocenters. The number of hydrogen-bond acceptors (Lipinski definition) is 2. The van der Waals surface area contributed by atoms with Crippen molar-refractivity contribution >= 4 is 11.6 Å². The van der Waals surface area contributed by atoms with Crippen LogP contribution in [0.3, 0.4) is 0 Å². The number of nitrogens with zero attached hydrogens (tertiary/aromatic N) is 1. The molecule has 1 amide bonds. The number of amides is 1. The van der Waals surface area contributed by atoms with Gasteiger partial charge in [-0.05, 0) is 36.5 Å². The second-order valence-electron chi connectivity index (χ2n) is 6.30. The first-order valence-corrected chi connectivity index (χ1v) is 7.42. The molecule has 20 heavy (non-hydrogen) atoms. The maximum absolute atomic E-state index is 12.8. The first-order valence-electron chi connectivity index (χ1n) is 7.42. The zero-order valence-corrected chi connectivity index (χ0v) is 13.7. The van der Waals surface area contributed by atoms with E-state index in [4.69, 9.17) is 0 Å². The fraction of sp³-hybridized carbons (Fsp3) is 0.588. The van der Waals surface area contributed by atoms with E-state index in [1.54, 1.807) is 0 Å². The number of aryl methyl sites for hydroxylation is 1. The predicted octanol–water partition coefficient (Wildman–Crippen LogP) is 3.79. The average molecular weight is 276 g/mol. The molecule has 0 unspecified atom stereocenters. The highest BCUT2D eigenvalue weighted by molar-refractivity contribution is 5.99. The highest BCUT2D eigenvalue weighted by Crippen LogP contribution is 2.20. The Bertz CT molecular complexity index is 442. The van der Waals surface area contributed by atoms with E-state index >= 15 is 0 Å². The molecule has 0 saturated heterocycles. The largest absolute Gasteiger partial charge is 0.387 e. The van der Waals surface area contributed by atoms with Crippen molar-refractivity contribution in [3.05, 3.63) is 29.3 Å². The third kappa shape index (κ3) is 4.55. The van der Waals surface area contributed by atoms with E-state index in [0.29, 0.717) is 11.8 Å². The van der Waals surface area contributed by atoms with Crippen LogP contribution in [0.15, 0.2) is 18.2 Å². The van der Waals surface area contributed by atoms with Crippen LogP contribution < -0.4 is 5.32 Å². The van der Waals surface area contributed by atoms with Gasteiger partial charge in [0, 0.05) is 25.8 Å². The van der Waals surface area contributed by atoms with Crippen LogP contribution in [0.5, 0.6) is 0 Å². The molecule has 1 aromatic rings. The third-order valence-corrected chi connectivity index (χ3v) is 3.13. The monoisotopic (exact) mass is 276 g/mol. The molecule has 0 saturated carbocycles. The first kappa shape index (κ1) is 16.5. The number of rotatable bonds is 6. The number of carbonyl (C=O) groups is 1. The summed E-state index contributed by atoms with van der Waals surface area (Å²) in [4.78, 5) is 14.8. The summed E-state index contributed by atoms with van der Waals surface area (Å²) >= 11 is 0. The molecule has 0 spiro atoms. The van der Waals surface area contributed by atoms with Crippen molar-refractivity contribution in [1.82, 2.24) is 4.90 Å². The second kappa shape index (κ2) is 7.32. The Morgan fingerprint density at radius 1 is 1.15 bits per heavy atom. The zero-order valence-electron chi connectivity index (χ0n) is 13.7. The van der Waals surface area contributed by atoms with Crippen molar-refractivity contribution in [3.8, 4) is 0 Å². The lowest BCUT2D eigenvalue weighted by Crippen LogP contribution is -2.37. The van der Waals surface area contributed by atoms with E-state index in [-0.39, 0.29) is 5.91 Å². The van der Waals surface area contributed by atoms with Gasteiger partial charge in [0.25, 0.3) is 5.91 Å². The summed E-state index contributed by atoms with van der Waals surface area (Å²) in [5.74, 6) is 1.07. The molecule has 3 nitrogen and oxygen atoms in total. The van der Waals surface area contributed by atoms with Gasteiger partial charge in [0.1, 0.15) is 0 Å². The molecule has 0 aliphatic carbocycles. The van der Waals surface area contributed by atoms with Crippen molar-refractivity contribution in [2.75, 3.05) is 25.5 Å². The van der Waals surface area contributed by atoms with Gasteiger partial charge in [-0.3, -0.25) is 4.79 Å². The van der Waals surface area contributed by atoms with Gasteiger partial charge >= 0.3 is 0 Å². The Labute approximate surface area is 123 Å². The molecule has 0 radical (unpaired) electrons. The first-order chi connectivity index (χ1) is 9.35. The van der Waals surface area contributed by atoms with E-state index in [1.165, 1.54) is 0 Å². The summed E-state index contributed by atoms with van der Waals surface area (Å²) in [7, 11) is 1.86. The quantitative estimate of drug-likeness (QED) is 0.857. The minimum Gasteiger partial charge on any atom is -0.387 e. The van der Waals surface area contributed by atoms with Crippen molar-refractivity contribution in [2.45, 2.75) is 34.6 Å². The Kier molecular flexibility index (Phi) is 6.05. The van der Waals surface area contributed by atoms with Gasteiger partial charge in [0.15, 0.2) is 0 Å². The lowest BCUT2D eigenvalue weighted by molar-refractivity contribution is 0.0716. The maximum Gasteiger partial charge on any atom is 0.255 e. The topological polar surface area (TPSA) is 32.3 Å². The molecule has 0 aromatic heterocycles. The lowest BCUT2D eigenvalue weighted by Gasteiger charge is -2.27. The smallest absolute Gasteiger partial charge is 0.255 e. The van der Waals surface area contributed by atoms with Crippen molar-refractivity contribution in [2.24, 2.45) is 11.8 Å². The van der Waals surface area contributed by atoms with Crippen LogP contribution in [0.4, 0.5) is 5.69 Å². The van der Waals surface area contributed by atoms with Crippen LogP contribution in [0.1, 0.15) is 43.6 Å². The zero-order chi connectivity index (χ0) is 15.3. The Hall–Kier alpha value is -1.51. The molecule has 1 aromatic carbocycles. The fourth-order valence-electron chi connectivity index (χ4n) is 2.34. The summed E-state index contributed by atoms with van der Waals surface area (Å²) in [5, 5.41) is 3.13. The van der Waals surface area contributed by atoms with Gasteiger partial charge in [-0.1, -0.05) is 33.8 Å². The molecular weight excluding hydrogens is 248 g/mol. The highest BCUT2D eigenvalue weighted by atomic mass is 16.2. The highest BCUT2D eigenvalue weighted by Gasteiger charge is 2.20. The van der Waals surface area contributed by atoms with Crippen LogP contribution in [-0.2, 0) is 0 Å². The van der Waals surface area contributed by atoms with Crippen LogP contribution in [0.2, 0.25) is 0 Å². The number of hydrogen-bond donors (Lipinski definition) is 1. The summed E-state index contributed by atoms with van der Waals surface area (Å²) in [6.07, 6.45) is 0. The van der Waals surface area contributed by atoms with Gasteiger partial charge in [-0.25, -0.2) is 0 Å². The Morgan fingerprint density at radius 2 is 1.70 bits per heavy atom. The number of anilines is 1. The van der Waals surface area contributed by atoms with Gasteiger partial charge in [-0.15, -0.1) is 0 Å². The molecule has 3 heteroatoms. The fourth-order valence-corrected chi connectivity index (χ4v) is 2.34. The number of nitrogens with one attached hydrogen (secondary N) is 1. The summed E-state index contributed by atoms with van der Waals surface area (Å²) in [6.45, 7) is 12.2. The second-order valence-corrected chi connectivity index (χ2v) is 6.30. The summed E-state index contributed by atoms with van der Waals surface area (Å²) < 4.78 is 0. The SMILES string of the molecule is CNc1cc(C)ccc1C(=O)N(CC(C)C)CC(C)C. The summed E-state index contributed by atoms with van der Waals surface area (Å²) in [6, 6.07) is 5.95. The van der Waals surface area contributed by atoms with Crippen LogP contribution in [0.25, 0.3) is 0 Å². The molecule has 0 aliphatic heterocycles. The molecular formula is C17H28N2O. The normalized spacial score (nSPS) is 11.0. The summed E-state index contributed by atoms with van der Waals surface area (Å²) in [5.41, 5.74) is 2.83. The van der Waals surface area contributed by atoms with Crippen LogP contribution in [0, 0.1) is 18.8 Å². The van der Waals surface area contributed by atoms with Crippen LogP contribution >= 0.6 is 0 Å². The molecule has 0 aliphatic rings. The number of carbonyl (C=O) groups excluding carboxylic acids is 1. The van der Waals surface area contributed by atoms with Crippen molar-refractivity contribution in [3.63, 3.8) is 0 Å². The van der Waals surface area contributed by atoms with Crippen LogP contribution in [-0.4, -0.2) is 30.9 Å². The maximum atomic E-state index is 12.8. The Balaban J connectivity index is 3.04. The van der Waals surface area contributed by atoms with E-state index < -0.39 is 0 Å². The minimum atomic E-state index is 0.122. The third-order valence-electron chi connectivity index (χ3n) is 3.13. The van der Waals surface area contributed by atoms with E-state index in [0.717, 1.165) is 29.9 Å². The molecule has 0 heterocycles. The van der Waals surface area contributed by atoms with Gasteiger partial charge < -0.3 is 10.2 Å². The number of benzene rings is 1. The van der Waals surface area contributed by atoms with Gasteiger partial charge in [0.05, 0.1) is 5.56 Å². The van der Waals surface area contributed by atoms with Crippen molar-refractivity contribution < 1.29 is 4.79 Å². The standard InChI is InChI=1S/C17H28N2O/c1-12(2)10-19(11-13(3)4)17(20)15-8-7-14(5)9-16(15)18-6/h7-9,12-13,18H,10-11H2,1-6H3. The molecule has 112 valence electrons. The minimum absolute atomic E-state index is 0.122.